The van der Waals surface area contributed by atoms with Gasteiger partial charge in [-0.25, -0.2) is 4.39 Å². The molecular weight excluding hydrogens is 273 g/mol. The van der Waals surface area contributed by atoms with Crippen molar-refractivity contribution >= 4 is 15.9 Å². The number of hydrogen-bond acceptors (Lipinski definition) is 2. The lowest BCUT2D eigenvalue weighted by atomic mass is 9.77. The van der Waals surface area contributed by atoms with Crippen LogP contribution in [0.15, 0.2) is 22.7 Å². The Morgan fingerprint density at radius 2 is 2.19 bits per heavy atom. The Labute approximate surface area is 103 Å². The molecule has 0 atom stereocenters. The molecule has 4 heteroatoms. The van der Waals surface area contributed by atoms with Crippen molar-refractivity contribution in [1.82, 2.24) is 5.32 Å². The molecule has 0 unspecified atom stereocenters. The lowest BCUT2D eigenvalue weighted by Gasteiger charge is -2.41. The van der Waals surface area contributed by atoms with E-state index in [9.17, 15) is 9.50 Å². The second kappa shape index (κ2) is 4.82. The maximum absolute atomic E-state index is 13.3. The van der Waals surface area contributed by atoms with Gasteiger partial charge in [0, 0.05) is 12.1 Å². The first-order valence-electron chi connectivity index (χ1n) is 5.46. The molecule has 1 aliphatic carbocycles. The summed E-state index contributed by atoms with van der Waals surface area (Å²) in [5.74, 6) is -0.244. The molecule has 1 aromatic carbocycles. The van der Waals surface area contributed by atoms with Gasteiger partial charge >= 0.3 is 0 Å². The smallest absolute Gasteiger partial charge is 0.137 e. The van der Waals surface area contributed by atoms with E-state index in [4.69, 9.17) is 0 Å². The summed E-state index contributed by atoms with van der Waals surface area (Å²) in [5.41, 5.74) is 0.755. The first-order chi connectivity index (χ1) is 7.67. The predicted octanol–water partition coefficient (Wildman–Crippen LogP) is 2.59. The molecule has 0 heterocycles. The SMILES string of the molecule is OCC1(NCc2cccc(F)c2Br)CCC1. The molecule has 0 spiro atoms. The fourth-order valence-corrected chi connectivity index (χ4v) is 2.37. The van der Waals surface area contributed by atoms with Gasteiger partial charge in [-0.1, -0.05) is 12.1 Å². The maximum Gasteiger partial charge on any atom is 0.137 e. The lowest BCUT2D eigenvalue weighted by molar-refractivity contribution is 0.0871. The van der Waals surface area contributed by atoms with Crippen molar-refractivity contribution in [3.63, 3.8) is 0 Å². The van der Waals surface area contributed by atoms with Crippen LogP contribution in [0.4, 0.5) is 4.39 Å². The van der Waals surface area contributed by atoms with Crippen molar-refractivity contribution in [1.29, 1.82) is 0 Å². The van der Waals surface area contributed by atoms with Crippen molar-refractivity contribution in [2.45, 2.75) is 31.3 Å². The van der Waals surface area contributed by atoms with Gasteiger partial charge in [0.2, 0.25) is 0 Å². The number of aliphatic hydroxyl groups is 1. The van der Waals surface area contributed by atoms with Gasteiger partial charge in [-0.3, -0.25) is 0 Å². The normalized spacial score (nSPS) is 18.2. The van der Waals surface area contributed by atoms with E-state index in [0.717, 1.165) is 24.8 Å². The van der Waals surface area contributed by atoms with E-state index in [-0.39, 0.29) is 18.0 Å². The minimum Gasteiger partial charge on any atom is -0.394 e. The molecule has 16 heavy (non-hydrogen) atoms. The molecule has 1 fully saturated rings. The highest BCUT2D eigenvalue weighted by atomic mass is 79.9. The maximum atomic E-state index is 13.3. The molecular formula is C12H15BrFNO. The molecule has 1 aromatic rings. The molecule has 0 bridgehead atoms. The molecule has 0 amide bonds. The molecule has 1 saturated carbocycles. The summed E-state index contributed by atoms with van der Waals surface area (Å²) in [7, 11) is 0. The molecule has 0 aliphatic heterocycles. The zero-order chi connectivity index (χ0) is 11.6. The van der Waals surface area contributed by atoms with Crippen molar-refractivity contribution in [2.24, 2.45) is 0 Å². The lowest BCUT2D eigenvalue weighted by Crippen LogP contribution is -2.53. The number of rotatable bonds is 4. The Morgan fingerprint density at radius 1 is 1.44 bits per heavy atom. The Morgan fingerprint density at radius 3 is 2.75 bits per heavy atom. The summed E-state index contributed by atoms with van der Waals surface area (Å²) in [6.07, 6.45) is 3.14. The largest absolute Gasteiger partial charge is 0.394 e. The highest BCUT2D eigenvalue weighted by molar-refractivity contribution is 9.10. The average Bonchev–Trinajstić information content (AvgIpc) is 2.23. The number of halogens is 2. The van der Waals surface area contributed by atoms with Crippen LogP contribution in [0, 0.1) is 5.82 Å². The third kappa shape index (κ3) is 2.29. The van der Waals surface area contributed by atoms with Crippen LogP contribution in [0.5, 0.6) is 0 Å². The van der Waals surface area contributed by atoms with Crippen molar-refractivity contribution in [2.75, 3.05) is 6.61 Å². The van der Waals surface area contributed by atoms with Gasteiger partial charge in [-0.15, -0.1) is 0 Å². The highest BCUT2D eigenvalue weighted by Crippen LogP contribution is 2.32. The van der Waals surface area contributed by atoms with Gasteiger partial charge in [0.25, 0.3) is 0 Å². The van der Waals surface area contributed by atoms with E-state index < -0.39 is 0 Å². The predicted molar refractivity (Wildman–Crippen MR) is 64.6 cm³/mol. The van der Waals surface area contributed by atoms with Gasteiger partial charge < -0.3 is 10.4 Å². The highest BCUT2D eigenvalue weighted by Gasteiger charge is 2.35. The van der Waals surface area contributed by atoms with Crippen LogP contribution in [0.3, 0.4) is 0 Å². The standard InChI is InChI=1S/C12H15BrFNO/c13-11-9(3-1-4-10(11)14)7-15-12(8-16)5-2-6-12/h1,3-4,15-16H,2,5-8H2. The van der Waals surface area contributed by atoms with Crippen molar-refractivity contribution in [3.8, 4) is 0 Å². The number of hydrogen-bond donors (Lipinski definition) is 2. The number of benzene rings is 1. The monoisotopic (exact) mass is 287 g/mol. The van der Waals surface area contributed by atoms with Crippen LogP contribution < -0.4 is 5.32 Å². The molecule has 88 valence electrons. The molecule has 0 saturated heterocycles. The second-order valence-electron chi connectivity index (χ2n) is 4.36. The van der Waals surface area contributed by atoms with E-state index in [0.29, 0.717) is 11.0 Å². The topological polar surface area (TPSA) is 32.3 Å². The Balaban J connectivity index is 2.02. The third-order valence-electron chi connectivity index (χ3n) is 3.30. The minimum absolute atomic E-state index is 0.133. The Bertz CT molecular complexity index is 374. The number of nitrogens with one attached hydrogen (secondary N) is 1. The molecule has 0 radical (unpaired) electrons. The van der Waals surface area contributed by atoms with E-state index in [1.165, 1.54) is 6.07 Å². The number of aliphatic hydroxyl groups excluding tert-OH is 1. The van der Waals surface area contributed by atoms with Crippen molar-refractivity contribution < 1.29 is 9.50 Å². The van der Waals surface area contributed by atoms with Gasteiger partial charge in [-0.2, -0.15) is 0 Å². The van der Waals surface area contributed by atoms with Crippen LogP contribution in [-0.2, 0) is 6.54 Å². The zero-order valence-corrected chi connectivity index (χ0v) is 10.6. The Hall–Kier alpha value is -0.450. The van der Waals surface area contributed by atoms with E-state index in [2.05, 4.69) is 21.2 Å². The van der Waals surface area contributed by atoms with Crippen LogP contribution in [0.1, 0.15) is 24.8 Å². The van der Waals surface area contributed by atoms with E-state index in [1.54, 1.807) is 6.07 Å². The fraction of sp³-hybridized carbons (Fsp3) is 0.500. The van der Waals surface area contributed by atoms with Crippen LogP contribution >= 0.6 is 15.9 Å². The Kier molecular flexibility index (Phi) is 3.62. The molecule has 2 nitrogen and oxygen atoms in total. The summed E-state index contributed by atoms with van der Waals surface area (Å²) in [5, 5.41) is 12.6. The van der Waals surface area contributed by atoms with Crippen LogP contribution in [0.2, 0.25) is 0 Å². The van der Waals surface area contributed by atoms with E-state index in [1.807, 2.05) is 6.07 Å². The summed E-state index contributed by atoms with van der Waals surface area (Å²) in [6.45, 7) is 0.735. The molecule has 1 aliphatic rings. The first kappa shape index (κ1) is 12.0. The summed E-state index contributed by atoms with van der Waals surface area (Å²) in [6, 6.07) is 5.01. The van der Waals surface area contributed by atoms with Gasteiger partial charge in [0.15, 0.2) is 0 Å². The quantitative estimate of drug-likeness (QED) is 0.892. The fourth-order valence-electron chi connectivity index (χ4n) is 1.96. The second-order valence-corrected chi connectivity index (χ2v) is 5.15. The van der Waals surface area contributed by atoms with Gasteiger partial charge in [0.1, 0.15) is 5.82 Å². The molecule has 2 rings (SSSR count). The van der Waals surface area contributed by atoms with Gasteiger partial charge in [0.05, 0.1) is 11.1 Å². The summed E-state index contributed by atoms with van der Waals surface area (Å²) < 4.78 is 13.8. The average molecular weight is 288 g/mol. The zero-order valence-electron chi connectivity index (χ0n) is 8.97. The van der Waals surface area contributed by atoms with E-state index >= 15 is 0 Å². The van der Waals surface area contributed by atoms with Crippen LogP contribution in [-0.4, -0.2) is 17.3 Å². The first-order valence-corrected chi connectivity index (χ1v) is 6.25. The van der Waals surface area contributed by atoms with Crippen molar-refractivity contribution in [3.05, 3.63) is 34.1 Å². The van der Waals surface area contributed by atoms with Gasteiger partial charge in [-0.05, 0) is 46.8 Å². The molecule has 2 N–H and O–H groups in total. The minimum atomic E-state index is -0.244. The third-order valence-corrected chi connectivity index (χ3v) is 4.19. The van der Waals surface area contributed by atoms with Crippen LogP contribution in [0.25, 0.3) is 0 Å². The molecule has 0 aromatic heterocycles. The summed E-state index contributed by atoms with van der Waals surface area (Å²) >= 11 is 3.23. The summed E-state index contributed by atoms with van der Waals surface area (Å²) in [4.78, 5) is 0.